The number of hydrogen-bond donors (Lipinski definition) is 2. The molecule has 1 heterocycles. The molecule has 0 radical (unpaired) electrons. The van der Waals surface area contributed by atoms with E-state index in [1.165, 1.54) is 32.1 Å². The summed E-state index contributed by atoms with van der Waals surface area (Å²) in [6.45, 7) is 0. The molecule has 2 unspecified atom stereocenters. The Labute approximate surface area is 88.6 Å². The third kappa shape index (κ3) is 2.23. The molecular formula is C10H17NO2S. The predicted molar refractivity (Wildman–Crippen MR) is 57.4 cm³/mol. The van der Waals surface area contributed by atoms with E-state index >= 15 is 0 Å². The number of aliphatic carboxylic acids is 1. The summed E-state index contributed by atoms with van der Waals surface area (Å²) in [6, 6.07) is -0.313. The number of rotatable bonds is 2. The lowest BCUT2D eigenvalue weighted by Gasteiger charge is -2.26. The van der Waals surface area contributed by atoms with Crippen LogP contribution in [0, 0.1) is 5.92 Å². The summed E-state index contributed by atoms with van der Waals surface area (Å²) in [5.41, 5.74) is 0. The average molecular weight is 215 g/mol. The number of nitrogens with one attached hydrogen (secondary N) is 1. The Bertz CT molecular complexity index is 216. The molecule has 2 atom stereocenters. The van der Waals surface area contributed by atoms with E-state index in [0.717, 1.165) is 5.75 Å². The lowest BCUT2D eigenvalue weighted by Crippen LogP contribution is -2.39. The van der Waals surface area contributed by atoms with Crippen LogP contribution in [0.4, 0.5) is 0 Å². The Kier molecular flexibility index (Phi) is 3.34. The molecule has 2 rings (SSSR count). The van der Waals surface area contributed by atoms with E-state index in [2.05, 4.69) is 5.32 Å². The fraction of sp³-hybridized carbons (Fsp3) is 0.900. The third-order valence-corrected chi connectivity index (χ3v) is 4.59. The minimum atomic E-state index is -0.698. The second-order valence-electron chi connectivity index (χ2n) is 4.21. The van der Waals surface area contributed by atoms with Gasteiger partial charge in [-0.05, 0) is 18.8 Å². The molecule has 0 aromatic rings. The van der Waals surface area contributed by atoms with Gasteiger partial charge in [-0.15, -0.1) is 11.8 Å². The summed E-state index contributed by atoms with van der Waals surface area (Å²) in [4.78, 5) is 10.8. The van der Waals surface area contributed by atoms with Crippen molar-refractivity contribution in [3.05, 3.63) is 0 Å². The first-order chi connectivity index (χ1) is 6.77. The monoisotopic (exact) mass is 215 g/mol. The quantitative estimate of drug-likeness (QED) is 0.736. The van der Waals surface area contributed by atoms with Crippen molar-refractivity contribution in [3.63, 3.8) is 0 Å². The number of carboxylic acid groups (broad SMARTS) is 1. The SMILES string of the molecule is O=C(O)C1CSC(C2CCCCC2)N1. The molecule has 0 spiro atoms. The molecule has 1 saturated carbocycles. The van der Waals surface area contributed by atoms with Gasteiger partial charge in [0.15, 0.2) is 0 Å². The van der Waals surface area contributed by atoms with Crippen LogP contribution < -0.4 is 5.32 Å². The highest BCUT2D eigenvalue weighted by Crippen LogP contribution is 2.34. The second kappa shape index (κ2) is 4.53. The minimum absolute atomic E-state index is 0.313. The lowest BCUT2D eigenvalue weighted by atomic mass is 9.89. The van der Waals surface area contributed by atoms with Gasteiger partial charge in [0.25, 0.3) is 0 Å². The number of carbonyl (C=O) groups is 1. The summed E-state index contributed by atoms with van der Waals surface area (Å²) < 4.78 is 0. The van der Waals surface area contributed by atoms with Crippen LogP contribution in [0.25, 0.3) is 0 Å². The highest BCUT2D eigenvalue weighted by atomic mass is 32.2. The second-order valence-corrected chi connectivity index (χ2v) is 5.38. The van der Waals surface area contributed by atoms with E-state index in [-0.39, 0.29) is 6.04 Å². The normalized spacial score (nSPS) is 34.6. The van der Waals surface area contributed by atoms with Gasteiger partial charge >= 0.3 is 5.97 Å². The molecule has 14 heavy (non-hydrogen) atoms. The van der Waals surface area contributed by atoms with Crippen molar-refractivity contribution < 1.29 is 9.90 Å². The summed E-state index contributed by atoms with van der Waals surface area (Å²) in [6.07, 6.45) is 6.55. The highest BCUT2D eigenvalue weighted by molar-refractivity contribution is 8.00. The molecule has 0 amide bonds. The van der Waals surface area contributed by atoms with Gasteiger partial charge in [-0.1, -0.05) is 19.3 Å². The summed E-state index contributed by atoms with van der Waals surface area (Å²) in [5.74, 6) is 0.741. The predicted octanol–water partition coefficient (Wildman–Crippen LogP) is 1.68. The first-order valence-corrected chi connectivity index (χ1v) is 6.42. The van der Waals surface area contributed by atoms with Gasteiger partial charge in [-0.25, -0.2) is 0 Å². The van der Waals surface area contributed by atoms with Crippen LogP contribution in [0.2, 0.25) is 0 Å². The smallest absolute Gasteiger partial charge is 0.321 e. The van der Waals surface area contributed by atoms with E-state index in [1.54, 1.807) is 11.8 Å². The van der Waals surface area contributed by atoms with E-state index in [0.29, 0.717) is 11.3 Å². The Morgan fingerprint density at radius 3 is 2.57 bits per heavy atom. The van der Waals surface area contributed by atoms with Crippen molar-refractivity contribution in [2.45, 2.75) is 43.5 Å². The molecule has 80 valence electrons. The van der Waals surface area contributed by atoms with Crippen LogP contribution >= 0.6 is 11.8 Å². The largest absolute Gasteiger partial charge is 0.480 e. The van der Waals surface area contributed by atoms with E-state index in [9.17, 15) is 4.79 Å². The highest BCUT2D eigenvalue weighted by Gasteiger charge is 2.34. The van der Waals surface area contributed by atoms with Crippen LogP contribution in [-0.4, -0.2) is 28.2 Å². The Morgan fingerprint density at radius 1 is 1.29 bits per heavy atom. The van der Waals surface area contributed by atoms with Crippen LogP contribution in [-0.2, 0) is 4.79 Å². The molecular weight excluding hydrogens is 198 g/mol. The fourth-order valence-electron chi connectivity index (χ4n) is 2.35. The Balaban J connectivity index is 1.85. The van der Waals surface area contributed by atoms with E-state index in [1.807, 2.05) is 0 Å². The zero-order valence-electron chi connectivity index (χ0n) is 8.24. The average Bonchev–Trinajstić information content (AvgIpc) is 2.68. The maximum absolute atomic E-state index is 10.8. The van der Waals surface area contributed by atoms with Gasteiger partial charge in [0, 0.05) is 5.75 Å². The van der Waals surface area contributed by atoms with Crippen molar-refractivity contribution in [1.29, 1.82) is 0 Å². The number of carboxylic acids is 1. The van der Waals surface area contributed by atoms with Crippen molar-refractivity contribution in [2.24, 2.45) is 5.92 Å². The van der Waals surface area contributed by atoms with Crippen LogP contribution in [0.3, 0.4) is 0 Å². The zero-order chi connectivity index (χ0) is 9.97. The van der Waals surface area contributed by atoms with Crippen molar-refractivity contribution in [2.75, 3.05) is 5.75 Å². The van der Waals surface area contributed by atoms with Crippen molar-refractivity contribution >= 4 is 17.7 Å². The van der Waals surface area contributed by atoms with Gasteiger partial charge in [0.2, 0.25) is 0 Å². The molecule has 2 N–H and O–H groups in total. The number of hydrogen-bond acceptors (Lipinski definition) is 3. The minimum Gasteiger partial charge on any atom is -0.480 e. The van der Waals surface area contributed by atoms with Gasteiger partial charge in [-0.3, -0.25) is 10.1 Å². The Morgan fingerprint density at radius 2 is 2.00 bits per heavy atom. The van der Waals surface area contributed by atoms with Crippen LogP contribution in [0.1, 0.15) is 32.1 Å². The maximum atomic E-state index is 10.8. The van der Waals surface area contributed by atoms with Gasteiger partial charge < -0.3 is 5.11 Å². The summed E-state index contributed by atoms with van der Waals surface area (Å²) in [5, 5.41) is 12.5. The lowest BCUT2D eigenvalue weighted by molar-refractivity contribution is -0.138. The molecule has 1 saturated heterocycles. The zero-order valence-corrected chi connectivity index (χ0v) is 9.05. The molecule has 3 nitrogen and oxygen atoms in total. The molecule has 2 aliphatic rings. The molecule has 0 aromatic carbocycles. The van der Waals surface area contributed by atoms with E-state index < -0.39 is 5.97 Å². The van der Waals surface area contributed by atoms with Crippen LogP contribution in [0.15, 0.2) is 0 Å². The molecule has 0 aromatic heterocycles. The Hall–Kier alpha value is -0.220. The topological polar surface area (TPSA) is 49.3 Å². The fourth-order valence-corrected chi connectivity index (χ4v) is 3.79. The van der Waals surface area contributed by atoms with E-state index in [4.69, 9.17) is 5.11 Å². The third-order valence-electron chi connectivity index (χ3n) is 3.18. The first-order valence-electron chi connectivity index (χ1n) is 5.38. The number of thioether (sulfide) groups is 1. The van der Waals surface area contributed by atoms with Crippen LogP contribution in [0.5, 0.6) is 0 Å². The first kappa shape index (κ1) is 10.3. The standard InChI is InChI=1S/C10H17NO2S/c12-10(13)8-6-14-9(11-8)7-4-2-1-3-5-7/h7-9,11H,1-6H2,(H,12,13). The van der Waals surface area contributed by atoms with Gasteiger partial charge in [-0.2, -0.15) is 0 Å². The maximum Gasteiger partial charge on any atom is 0.321 e. The van der Waals surface area contributed by atoms with Crippen molar-refractivity contribution in [3.8, 4) is 0 Å². The van der Waals surface area contributed by atoms with Gasteiger partial charge in [0.1, 0.15) is 6.04 Å². The molecule has 1 aliphatic carbocycles. The summed E-state index contributed by atoms with van der Waals surface area (Å²) in [7, 11) is 0. The van der Waals surface area contributed by atoms with Crippen molar-refractivity contribution in [1.82, 2.24) is 5.32 Å². The summed E-state index contributed by atoms with van der Waals surface area (Å²) >= 11 is 1.79. The molecule has 4 heteroatoms. The van der Waals surface area contributed by atoms with Gasteiger partial charge in [0.05, 0.1) is 5.37 Å². The molecule has 1 aliphatic heterocycles. The molecule has 2 fully saturated rings. The molecule has 0 bridgehead atoms.